The third-order valence-corrected chi connectivity index (χ3v) is 6.33. The number of nitrogens with two attached hydrogens (primary N) is 1. The van der Waals surface area contributed by atoms with Gasteiger partial charge in [0, 0.05) is 6.04 Å². The van der Waals surface area contributed by atoms with Crippen molar-refractivity contribution in [1.82, 2.24) is 5.43 Å². The number of rotatable bonds is 3. The Bertz CT molecular complexity index is 346. The molecule has 0 radical (unpaired) electrons. The summed E-state index contributed by atoms with van der Waals surface area (Å²) in [4.78, 5) is 0. The Morgan fingerprint density at radius 2 is 1.89 bits per heavy atom. The molecule has 2 heteroatoms. The van der Waals surface area contributed by atoms with Gasteiger partial charge in [-0.1, -0.05) is 18.1 Å². The van der Waals surface area contributed by atoms with Crippen LogP contribution < -0.4 is 11.3 Å². The molecule has 2 nitrogen and oxygen atoms in total. The summed E-state index contributed by atoms with van der Waals surface area (Å²) >= 11 is 0. The predicted octanol–water partition coefficient (Wildman–Crippen LogP) is 3.00. The van der Waals surface area contributed by atoms with Crippen LogP contribution in [0.2, 0.25) is 0 Å². The number of nitrogens with one attached hydrogen (secondary N) is 1. The summed E-state index contributed by atoms with van der Waals surface area (Å²) in [6, 6.07) is 0.515. The van der Waals surface area contributed by atoms with Gasteiger partial charge in [-0.15, -0.1) is 0 Å². The molecule has 5 atom stereocenters. The number of hydrogen-bond donors (Lipinski definition) is 2. The molecular formula is C16H26N2. The summed E-state index contributed by atoms with van der Waals surface area (Å²) in [5, 5.41) is 0. The topological polar surface area (TPSA) is 38.0 Å². The zero-order valence-corrected chi connectivity index (χ0v) is 11.3. The van der Waals surface area contributed by atoms with Crippen molar-refractivity contribution in [3.05, 3.63) is 11.6 Å². The maximum absolute atomic E-state index is 5.92. The van der Waals surface area contributed by atoms with Crippen molar-refractivity contribution in [2.75, 3.05) is 0 Å². The molecule has 3 saturated carbocycles. The maximum Gasteiger partial charge on any atom is 0.0453 e. The van der Waals surface area contributed by atoms with Crippen molar-refractivity contribution in [2.45, 2.75) is 57.4 Å². The van der Waals surface area contributed by atoms with Crippen molar-refractivity contribution in [1.29, 1.82) is 0 Å². The Hall–Kier alpha value is -0.340. The second kappa shape index (κ2) is 4.35. The van der Waals surface area contributed by atoms with Gasteiger partial charge in [0.15, 0.2) is 0 Å². The molecule has 0 saturated heterocycles. The highest BCUT2D eigenvalue weighted by molar-refractivity contribution is 5.24. The molecule has 0 amide bonds. The fourth-order valence-corrected chi connectivity index (χ4v) is 5.63. The van der Waals surface area contributed by atoms with E-state index in [2.05, 4.69) is 11.5 Å². The van der Waals surface area contributed by atoms with Crippen LogP contribution in [0.1, 0.15) is 51.4 Å². The zero-order valence-electron chi connectivity index (χ0n) is 11.3. The van der Waals surface area contributed by atoms with Crippen molar-refractivity contribution in [3.63, 3.8) is 0 Å². The smallest absolute Gasteiger partial charge is 0.0453 e. The minimum Gasteiger partial charge on any atom is -0.271 e. The van der Waals surface area contributed by atoms with Crippen LogP contribution in [0.15, 0.2) is 11.6 Å². The Balaban J connectivity index is 1.51. The van der Waals surface area contributed by atoms with E-state index in [1.165, 1.54) is 44.9 Å². The van der Waals surface area contributed by atoms with Crippen LogP contribution in [-0.4, -0.2) is 6.04 Å². The average molecular weight is 246 g/mol. The van der Waals surface area contributed by atoms with Gasteiger partial charge in [-0.3, -0.25) is 11.3 Å². The lowest BCUT2D eigenvalue weighted by molar-refractivity contribution is 0.390. The first-order chi connectivity index (χ1) is 8.90. The van der Waals surface area contributed by atoms with Gasteiger partial charge in [0.1, 0.15) is 0 Å². The minimum atomic E-state index is 0.515. The molecule has 5 unspecified atom stereocenters. The quantitative estimate of drug-likeness (QED) is 0.456. The van der Waals surface area contributed by atoms with Crippen molar-refractivity contribution < 1.29 is 0 Å². The minimum absolute atomic E-state index is 0.515. The Kier molecular flexibility index (Phi) is 2.77. The van der Waals surface area contributed by atoms with Gasteiger partial charge >= 0.3 is 0 Å². The highest BCUT2D eigenvalue weighted by atomic mass is 15.2. The summed E-state index contributed by atoms with van der Waals surface area (Å²) in [5.74, 6) is 11.0. The van der Waals surface area contributed by atoms with E-state index in [9.17, 15) is 0 Å². The number of hydrogen-bond acceptors (Lipinski definition) is 2. The summed E-state index contributed by atoms with van der Waals surface area (Å²) < 4.78 is 0. The van der Waals surface area contributed by atoms with E-state index in [4.69, 9.17) is 5.84 Å². The molecular weight excluding hydrogens is 220 g/mol. The Morgan fingerprint density at radius 1 is 1.11 bits per heavy atom. The van der Waals surface area contributed by atoms with Crippen molar-refractivity contribution in [3.8, 4) is 0 Å². The highest BCUT2D eigenvalue weighted by Crippen LogP contribution is 2.70. The lowest BCUT2D eigenvalue weighted by Gasteiger charge is -2.22. The van der Waals surface area contributed by atoms with Crippen LogP contribution in [-0.2, 0) is 0 Å². The lowest BCUT2D eigenvalue weighted by Crippen LogP contribution is -2.40. The van der Waals surface area contributed by atoms with E-state index in [-0.39, 0.29) is 0 Å². The molecule has 100 valence electrons. The first-order valence-corrected chi connectivity index (χ1v) is 8.05. The third-order valence-electron chi connectivity index (χ3n) is 6.33. The van der Waals surface area contributed by atoms with Crippen LogP contribution in [0.25, 0.3) is 0 Å². The molecule has 0 aromatic rings. The molecule has 0 heterocycles. The van der Waals surface area contributed by atoms with Gasteiger partial charge < -0.3 is 0 Å². The normalized spacial score (nSPS) is 47.4. The van der Waals surface area contributed by atoms with Crippen molar-refractivity contribution >= 4 is 0 Å². The van der Waals surface area contributed by atoms with Crippen molar-refractivity contribution in [2.24, 2.45) is 35.4 Å². The Labute approximate surface area is 110 Å². The predicted molar refractivity (Wildman–Crippen MR) is 73.6 cm³/mol. The monoisotopic (exact) mass is 246 g/mol. The zero-order chi connectivity index (χ0) is 12.1. The van der Waals surface area contributed by atoms with Gasteiger partial charge in [0.25, 0.3) is 0 Å². The summed E-state index contributed by atoms with van der Waals surface area (Å²) in [7, 11) is 0. The van der Waals surface area contributed by atoms with E-state index in [0.29, 0.717) is 6.04 Å². The van der Waals surface area contributed by atoms with Crippen LogP contribution in [0.3, 0.4) is 0 Å². The van der Waals surface area contributed by atoms with E-state index in [0.717, 1.165) is 29.6 Å². The standard InChI is InChI=1S/C16H26N2/c17-18-16(10-5-3-1-2-4-6-10)15-13-11-7-8-12(9-11)14(13)15/h5,11-16,18H,1-4,6-9,17H2. The van der Waals surface area contributed by atoms with Crippen LogP contribution >= 0.6 is 0 Å². The molecule has 18 heavy (non-hydrogen) atoms. The van der Waals surface area contributed by atoms with Crippen LogP contribution in [0.5, 0.6) is 0 Å². The molecule has 4 aliphatic carbocycles. The van der Waals surface area contributed by atoms with Crippen LogP contribution in [0, 0.1) is 29.6 Å². The van der Waals surface area contributed by atoms with Gasteiger partial charge in [-0.25, -0.2) is 0 Å². The van der Waals surface area contributed by atoms with Gasteiger partial charge in [0.05, 0.1) is 0 Å². The first-order valence-electron chi connectivity index (χ1n) is 8.05. The van der Waals surface area contributed by atoms with Crippen LogP contribution in [0.4, 0.5) is 0 Å². The SMILES string of the molecule is NNC(C1=CCCCCC1)C1C2C3CCC(C3)C21. The van der Waals surface area contributed by atoms with Gasteiger partial charge in [-0.2, -0.15) is 0 Å². The lowest BCUT2D eigenvalue weighted by atomic mass is 9.91. The molecule has 0 aromatic heterocycles. The fraction of sp³-hybridized carbons (Fsp3) is 0.875. The van der Waals surface area contributed by atoms with E-state index in [1.807, 2.05) is 0 Å². The van der Waals surface area contributed by atoms with Gasteiger partial charge in [-0.05, 0) is 74.5 Å². The van der Waals surface area contributed by atoms with E-state index >= 15 is 0 Å². The summed E-state index contributed by atoms with van der Waals surface area (Å²) in [5.41, 5.74) is 4.84. The third kappa shape index (κ3) is 1.61. The van der Waals surface area contributed by atoms with E-state index < -0.39 is 0 Å². The molecule has 3 fully saturated rings. The molecule has 0 spiro atoms. The largest absolute Gasteiger partial charge is 0.271 e. The maximum atomic E-state index is 5.92. The van der Waals surface area contributed by atoms with Gasteiger partial charge in [0.2, 0.25) is 0 Å². The summed E-state index contributed by atoms with van der Waals surface area (Å²) in [6.07, 6.45) is 13.8. The Morgan fingerprint density at radius 3 is 2.61 bits per heavy atom. The summed E-state index contributed by atoms with van der Waals surface area (Å²) in [6.45, 7) is 0. The second-order valence-electron chi connectivity index (χ2n) is 7.09. The molecule has 4 aliphatic rings. The molecule has 0 aromatic carbocycles. The highest BCUT2D eigenvalue weighted by Gasteiger charge is 2.66. The molecule has 3 N–H and O–H groups in total. The average Bonchev–Trinajstić information content (AvgIpc) is 2.94. The second-order valence-corrected chi connectivity index (χ2v) is 7.09. The number of hydrazine groups is 1. The molecule has 2 bridgehead atoms. The molecule has 0 aliphatic heterocycles. The number of allylic oxidation sites excluding steroid dienone is 1. The van der Waals surface area contributed by atoms with E-state index in [1.54, 1.807) is 12.0 Å². The number of fused-ring (bicyclic) bond motifs is 5. The first kappa shape index (κ1) is 11.5. The molecule has 4 rings (SSSR count). The fourth-order valence-electron chi connectivity index (χ4n) is 5.63.